The number of sulfonamides is 1. The molecule has 1 fully saturated rings. The van der Waals surface area contributed by atoms with Crippen LogP contribution in [0.1, 0.15) is 63.9 Å². The molecule has 1 N–H and O–H groups in total. The Morgan fingerprint density at radius 3 is 2.38 bits per heavy atom. The number of fused-ring (bicyclic) bond motifs is 1. The smallest absolute Gasteiger partial charge is 0.243 e. The second-order valence-electron chi connectivity index (χ2n) is 10.8. The van der Waals surface area contributed by atoms with E-state index >= 15 is 0 Å². The van der Waals surface area contributed by atoms with E-state index in [1.807, 2.05) is 6.92 Å². The maximum absolute atomic E-state index is 13.7. The maximum atomic E-state index is 13.7. The van der Waals surface area contributed by atoms with Crippen molar-refractivity contribution >= 4 is 50.7 Å². The van der Waals surface area contributed by atoms with Crippen molar-refractivity contribution in [3.05, 3.63) is 52.0 Å². The molecule has 2 aliphatic rings. The van der Waals surface area contributed by atoms with Crippen LogP contribution in [-0.4, -0.2) is 63.2 Å². The number of carbonyl (C=O) groups excluding carboxylic acids is 2. The second kappa shape index (κ2) is 14.7. The van der Waals surface area contributed by atoms with Gasteiger partial charge < -0.3 is 19.7 Å². The lowest BCUT2D eigenvalue weighted by Crippen LogP contribution is -2.51. The first-order chi connectivity index (χ1) is 20.1. The van der Waals surface area contributed by atoms with Crippen LogP contribution in [0.3, 0.4) is 0 Å². The number of ether oxygens (including phenoxy) is 2. The summed E-state index contributed by atoms with van der Waals surface area (Å²) in [4.78, 5) is 28.8. The van der Waals surface area contributed by atoms with Gasteiger partial charge in [-0.25, -0.2) is 8.42 Å². The number of anilines is 1. The van der Waals surface area contributed by atoms with Gasteiger partial charge in [-0.15, -0.1) is 0 Å². The lowest BCUT2D eigenvalue weighted by molar-refractivity contribution is -0.141. The van der Waals surface area contributed by atoms with Gasteiger partial charge in [0.1, 0.15) is 19.3 Å². The van der Waals surface area contributed by atoms with Crippen LogP contribution in [0.25, 0.3) is 0 Å². The first-order valence-corrected chi connectivity index (χ1v) is 17.1. The minimum Gasteiger partial charge on any atom is -0.486 e. The largest absolute Gasteiger partial charge is 0.486 e. The van der Waals surface area contributed by atoms with Crippen molar-refractivity contribution in [2.45, 2.75) is 76.9 Å². The van der Waals surface area contributed by atoms with Crippen molar-refractivity contribution in [3.63, 3.8) is 0 Å². The van der Waals surface area contributed by atoms with Crippen LogP contribution >= 0.6 is 23.2 Å². The van der Waals surface area contributed by atoms with Crippen LogP contribution in [0.15, 0.2) is 36.4 Å². The number of carbonyl (C=O) groups is 2. The van der Waals surface area contributed by atoms with Crippen molar-refractivity contribution in [1.29, 1.82) is 0 Å². The van der Waals surface area contributed by atoms with Gasteiger partial charge >= 0.3 is 0 Å². The predicted molar refractivity (Wildman–Crippen MR) is 165 cm³/mol. The fourth-order valence-electron chi connectivity index (χ4n) is 5.49. The topological polar surface area (TPSA) is 105 Å². The third-order valence-corrected chi connectivity index (χ3v) is 9.57. The quantitative estimate of drug-likeness (QED) is 0.326. The van der Waals surface area contributed by atoms with Gasteiger partial charge in [-0.3, -0.25) is 13.9 Å². The van der Waals surface area contributed by atoms with Crippen LogP contribution in [0.2, 0.25) is 10.0 Å². The first kappa shape index (κ1) is 32.2. The number of hydrogen-bond acceptors (Lipinski definition) is 6. The van der Waals surface area contributed by atoms with E-state index in [1.54, 1.807) is 41.3 Å². The van der Waals surface area contributed by atoms with Crippen molar-refractivity contribution < 1.29 is 27.5 Å². The molecule has 230 valence electrons. The molecule has 0 bridgehead atoms. The molecule has 9 nitrogen and oxygen atoms in total. The number of amides is 2. The summed E-state index contributed by atoms with van der Waals surface area (Å²) in [5.74, 6) is 0.615. The maximum Gasteiger partial charge on any atom is 0.243 e. The molecule has 0 radical (unpaired) electrons. The van der Waals surface area contributed by atoms with E-state index < -0.39 is 16.1 Å². The Morgan fingerprint density at radius 2 is 1.71 bits per heavy atom. The third kappa shape index (κ3) is 8.45. The number of hydrogen-bond donors (Lipinski definition) is 1. The Morgan fingerprint density at radius 1 is 1.00 bits per heavy atom. The number of benzene rings is 2. The lowest BCUT2D eigenvalue weighted by Gasteiger charge is -2.33. The van der Waals surface area contributed by atoms with Crippen molar-refractivity contribution in [2.24, 2.45) is 0 Å². The van der Waals surface area contributed by atoms with E-state index in [2.05, 4.69) is 5.32 Å². The van der Waals surface area contributed by atoms with Crippen LogP contribution < -0.4 is 19.1 Å². The van der Waals surface area contributed by atoms with Crippen molar-refractivity contribution in [2.75, 3.05) is 30.3 Å². The molecule has 1 aliphatic heterocycles. The molecule has 2 aromatic carbocycles. The van der Waals surface area contributed by atoms with Gasteiger partial charge in [-0.1, -0.05) is 55.5 Å². The Kier molecular flexibility index (Phi) is 11.3. The Bertz CT molecular complexity index is 1370. The van der Waals surface area contributed by atoms with Crippen LogP contribution in [-0.2, 0) is 26.2 Å². The van der Waals surface area contributed by atoms with Gasteiger partial charge in [0.05, 0.1) is 22.0 Å². The predicted octanol–water partition coefficient (Wildman–Crippen LogP) is 5.57. The second-order valence-corrected chi connectivity index (χ2v) is 13.5. The fraction of sp³-hybridized carbons (Fsp3) is 0.533. The number of nitrogens with one attached hydrogen (secondary N) is 1. The molecular weight excluding hydrogens is 601 g/mol. The highest BCUT2D eigenvalue weighted by molar-refractivity contribution is 7.92. The highest BCUT2D eigenvalue weighted by Gasteiger charge is 2.31. The summed E-state index contributed by atoms with van der Waals surface area (Å²) < 4.78 is 37.9. The first-order valence-electron chi connectivity index (χ1n) is 14.5. The van der Waals surface area contributed by atoms with Gasteiger partial charge in [-0.2, -0.15) is 0 Å². The van der Waals surface area contributed by atoms with Crippen molar-refractivity contribution in [1.82, 2.24) is 10.2 Å². The van der Waals surface area contributed by atoms with E-state index in [0.29, 0.717) is 46.9 Å². The molecule has 12 heteroatoms. The molecule has 1 atom stereocenters. The van der Waals surface area contributed by atoms with E-state index in [0.717, 1.165) is 37.5 Å². The molecule has 2 aromatic rings. The summed E-state index contributed by atoms with van der Waals surface area (Å²) in [6, 6.07) is 9.56. The Hall–Kier alpha value is -2.69. The van der Waals surface area contributed by atoms with E-state index in [1.165, 1.54) is 10.7 Å². The monoisotopic (exact) mass is 639 g/mol. The van der Waals surface area contributed by atoms with E-state index in [-0.39, 0.29) is 43.8 Å². The van der Waals surface area contributed by atoms with Gasteiger partial charge in [0.15, 0.2) is 11.5 Å². The molecule has 4 rings (SSSR count). The molecule has 2 amide bonds. The van der Waals surface area contributed by atoms with Gasteiger partial charge in [-0.05, 0) is 55.5 Å². The highest BCUT2D eigenvalue weighted by atomic mass is 35.5. The molecule has 0 unspecified atom stereocenters. The molecular formula is C30H39Cl2N3O6S. The summed E-state index contributed by atoms with van der Waals surface area (Å²) in [7, 11) is -3.65. The van der Waals surface area contributed by atoms with E-state index in [4.69, 9.17) is 32.7 Å². The fourth-order valence-corrected chi connectivity index (χ4v) is 6.77. The molecule has 0 aromatic heterocycles. The minimum absolute atomic E-state index is 0.0467. The minimum atomic E-state index is -3.65. The van der Waals surface area contributed by atoms with Crippen LogP contribution in [0.4, 0.5) is 5.69 Å². The zero-order chi connectivity index (χ0) is 30.3. The average molecular weight is 641 g/mol. The molecule has 1 saturated carbocycles. The van der Waals surface area contributed by atoms with Gasteiger partial charge in [0.2, 0.25) is 21.8 Å². The van der Waals surface area contributed by atoms with Crippen molar-refractivity contribution in [3.8, 4) is 11.5 Å². The van der Waals surface area contributed by atoms with Gasteiger partial charge in [0.25, 0.3) is 0 Å². The normalized spacial score (nSPS) is 16.0. The molecule has 0 saturated heterocycles. The number of rotatable bonds is 12. The van der Waals surface area contributed by atoms with E-state index in [9.17, 15) is 18.0 Å². The lowest BCUT2D eigenvalue weighted by atomic mass is 9.95. The van der Waals surface area contributed by atoms with Gasteiger partial charge in [0, 0.05) is 31.6 Å². The standard InChI is InChI=1S/C30H39Cl2N3O6S/c1-3-26(30(37)33-22-8-5-4-6-9-22)34(20-21-11-13-24(31)25(32)18-21)29(36)10-7-15-35(42(2,38)39)23-12-14-27-28(19-23)41-17-16-40-27/h11-14,18-19,22,26H,3-10,15-17,20H2,1-2H3,(H,33,37)/t26-/m0/s1. The van der Waals surface area contributed by atoms with Crippen LogP contribution in [0.5, 0.6) is 11.5 Å². The molecule has 42 heavy (non-hydrogen) atoms. The summed E-state index contributed by atoms with van der Waals surface area (Å²) in [6.45, 7) is 2.94. The Labute approximate surface area is 258 Å². The van der Waals surface area contributed by atoms with Crippen LogP contribution in [0, 0.1) is 0 Å². The number of halogens is 2. The molecule has 1 heterocycles. The number of nitrogens with zero attached hydrogens (tertiary/aromatic N) is 2. The summed E-state index contributed by atoms with van der Waals surface area (Å²) in [5, 5.41) is 3.93. The summed E-state index contributed by atoms with van der Waals surface area (Å²) in [5.41, 5.74) is 1.18. The Balaban J connectivity index is 1.50. The third-order valence-electron chi connectivity index (χ3n) is 7.64. The molecule has 1 aliphatic carbocycles. The summed E-state index contributed by atoms with van der Waals surface area (Å²) >= 11 is 12.4. The summed E-state index contributed by atoms with van der Waals surface area (Å²) in [6.07, 6.45) is 7.05. The highest BCUT2D eigenvalue weighted by Crippen LogP contribution is 2.35. The average Bonchev–Trinajstić information content (AvgIpc) is 2.96. The zero-order valence-corrected chi connectivity index (χ0v) is 26.4. The molecule has 0 spiro atoms. The SMILES string of the molecule is CC[C@@H](C(=O)NC1CCCCC1)N(Cc1ccc(Cl)c(Cl)c1)C(=O)CCCN(c1ccc2c(c1)OCCO2)S(C)(=O)=O. The zero-order valence-electron chi connectivity index (χ0n) is 24.1.